The summed E-state index contributed by atoms with van der Waals surface area (Å²) in [4.78, 5) is 16.8. The number of amides is 1. The number of carbonyl (C=O) groups is 1. The molecule has 3 rings (SSSR count). The van der Waals surface area contributed by atoms with E-state index in [-0.39, 0.29) is 11.2 Å². The van der Waals surface area contributed by atoms with E-state index in [0.29, 0.717) is 6.04 Å². The SMILES string of the molecule is Cc1nn(C)c(C)c1NC(=O)[C@H](C)Sc1nccn1C1CC1. The number of thioether (sulfide) groups is 1. The van der Waals surface area contributed by atoms with Gasteiger partial charge < -0.3 is 9.88 Å². The number of rotatable bonds is 5. The van der Waals surface area contributed by atoms with Gasteiger partial charge in [-0.2, -0.15) is 5.10 Å². The number of aromatic nitrogens is 4. The van der Waals surface area contributed by atoms with Crippen molar-refractivity contribution >= 4 is 23.4 Å². The molecule has 118 valence electrons. The zero-order chi connectivity index (χ0) is 15.9. The van der Waals surface area contributed by atoms with Crippen molar-refractivity contribution in [3.8, 4) is 0 Å². The highest BCUT2D eigenvalue weighted by Gasteiger charge is 2.27. The van der Waals surface area contributed by atoms with E-state index in [0.717, 1.165) is 22.2 Å². The minimum atomic E-state index is -0.209. The summed E-state index contributed by atoms with van der Waals surface area (Å²) in [6.07, 6.45) is 6.22. The molecule has 7 heteroatoms. The Bertz CT molecular complexity index is 701. The highest BCUT2D eigenvalue weighted by atomic mass is 32.2. The number of anilines is 1. The second kappa shape index (κ2) is 5.79. The third-order valence-corrected chi connectivity index (χ3v) is 5.08. The van der Waals surface area contributed by atoms with Crippen molar-refractivity contribution in [1.82, 2.24) is 19.3 Å². The van der Waals surface area contributed by atoms with Gasteiger partial charge in [0.25, 0.3) is 0 Å². The Morgan fingerprint density at radius 2 is 2.18 bits per heavy atom. The van der Waals surface area contributed by atoms with Gasteiger partial charge in [0.05, 0.1) is 22.3 Å². The zero-order valence-corrected chi connectivity index (χ0v) is 14.1. The van der Waals surface area contributed by atoms with Crippen LogP contribution in [-0.4, -0.2) is 30.5 Å². The average Bonchev–Trinajstić information content (AvgIpc) is 3.17. The predicted molar refractivity (Wildman–Crippen MR) is 87.1 cm³/mol. The van der Waals surface area contributed by atoms with Crippen molar-refractivity contribution < 1.29 is 4.79 Å². The molecule has 0 aromatic carbocycles. The van der Waals surface area contributed by atoms with Crippen LogP contribution in [0, 0.1) is 13.8 Å². The molecule has 1 N–H and O–H groups in total. The Morgan fingerprint density at radius 1 is 1.45 bits per heavy atom. The summed E-state index contributed by atoms with van der Waals surface area (Å²) in [5, 5.41) is 8.03. The molecular formula is C15H21N5OS. The highest BCUT2D eigenvalue weighted by Crippen LogP contribution is 2.38. The molecule has 0 unspecified atom stereocenters. The number of hydrogen-bond acceptors (Lipinski definition) is 4. The third kappa shape index (κ3) is 2.90. The molecule has 2 aromatic heterocycles. The molecule has 2 aromatic rings. The molecule has 22 heavy (non-hydrogen) atoms. The van der Waals surface area contributed by atoms with Crippen molar-refractivity contribution in [3.05, 3.63) is 23.8 Å². The van der Waals surface area contributed by atoms with Crippen LogP contribution in [0.4, 0.5) is 5.69 Å². The summed E-state index contributed by atoms with van der Waals surface area (Å²) in [5.41, 5.74) is 2.61. The molecule has 1 aliphatic carbocycles. The molecule has 1 amide bonds. The highest BCUT2D eigenvalue weighted by molar-refractivity contribution is 8.00. The Balaban J connectivity index is 1.68. The molecule has 0 aliphatic heterocycles. The largest absolute Gasteiger partial charge is 0.323 e. The maximum atomic E-state index is 12.4. The summed E-state index contributed by atoms with van der Waals surface area (Å²) < 4.78 is 3.96. The minimum absolute atomic E-state index is 0.0189. The number of nitrogens with one attached hydrogen (secondary N) is 1. The van der Waals surface area contributed by atoms with Crippen LogP contribution >= 0.6 is 11.8 Å². The topological polar surface area (TPSA) is 64.7 Å². The lowest BCUT2D eigenvalue weighted by Crippen LogP contribution is -2.23. The van der Waals surface area contributed by atoms with E-state index in [4.69, 9.17) is 0 Å². The van der Waals surface area contributed by atoms with E-state index in [9.17, 15) is 4.79 Å². The van der Waals surface area contributed by atoms with Crippen LogP contribution in [0.3, 0.4) is 0 Å². The molecule has 0 radical (unpaired) electrons. The Kier molecular flexibility index (Phi) is 3.99. The van der Waals surface area contributed by atoms with E-state index >= 15 is 0 Å². The van der Waals surface area contributed by atoms with Crippen molar-refractivity contribution in [3.63, 3.8) is 0 Å². The van der Waals surface area contributed by atoms with Crippen LogP contribution in [0.15, 0.2) is 17.6 Å². The zero-order valence-electron chi connectivity index (χ0n) is 13.3. The van der Waals surface area contributed by atoms with E-state index in [1.165, 1.54) is 24.6 Å². The van der Waals surface area contributed by atoms with Crippen LogP contribution in [0.1, 0.15) is 37.2 Å². The first-order valence-corrected chi connectivity index (χ1v) is 8.36. The summed E-state index contributed by atoms with van der Waals surface area (Å²) in [6.45, 7) is 5.76. The molecule has 1 fully saturated rings. The number of aryl methyl sites for hydroxylation is 2. The standard InChI is InChI=1S/C15H21N5OS/c1-9-13(10(2)19(4)18-9)17-14(21)11(3)22-15-16-7-8-20(15)12-5-6-12/h7-8,11-12H,5-6H2,1-4H3,(H,17,21)/t11-/m0/s1. The normalized spacial score (nSPS) is 15.8. The van der Waals surface area contributed by atoms with Crippen LogP contribution in [0.2, 0.25) is 0 Å². The molecule has 1 atom stereocenters. The van der Waals surface area contributed by atoms with Gasteiger partial charge in [-0.25, -0.2) is 4.98 Å². The van der Waals surface area contributed by atoms with Gasteiger partial charge in [0.1, 0.15) is 0 Å². The second-order valence-electron chi connectivity index (χ2n) is 5.77. The Hall–Kier alpha value is -1.76. The molecule has 1 aliphatic rings. The summed E-state index contributed by atoms with van der Waals surface area (Å²) in [5.74, 6) is -0.0189. The van der Waals surface area contributed by atoms with E-state index in [2.05, 4.69) is 20.0 Å². The lowest BCUT2D eigenvalue weighted by atomic mass is 10.3. The van der Waals surface area contributed by atoms with Gasteiger partial charge in [-0.05, 0) is 33.6 Å². The lowest BCUT2D eigenvalue weighted by molar-refractivity contribution is -0.115. The van der Waals surface area contributed by atoms with E-state index < -0.39 is 0 Å². The predicted octanol–water partition coefficient (Wildman–Crippen LogP) is 2.69. The maximum absolute atomic E-state index is 12.4. The lowest BCUT2D eigenvalue weighted by Gasteiger charge is -2.13. The van der Waals surface area contributed by atoms with Gasteiger partial charge in [0.15, 0.2) is 5.16 Å². The number of hydrogen-bond donors (Lipinski definition) is 1. The Labute approximate surface area is 134 Å². The first kappa shape index (κ1) is 15.1. The van der Waals surface area contributed by atoms with Crippen molar-refractivity contribution in [2.24, 2.45) is 7.05 Å². The first-order valence-electron chi connectivity index (χ1n) is 7.48. The summed E-state index contributed by atoms with van der Waals surface area (Å²) in [7, 11) is 1.88. The molecule has 0 saturated heterocycles. The smallest absolute Gasteiger partial charge is 0.237 e. The van der Waals surface area contributed by atoms with Gasteiger partial charge in [0, 0.05) is 25.5 Å². The van der Waals surface area contributed by atoms with Crippen LogP contribution < -0.4 is 5.32 Å². The van der Waals surface area contributed by atoms with Gasteiger partial charge in [0.2, 0.25) is 5.91 Å². The van der Waals surface area contributed by atoms with Gasteiger partial charge in [-0.3, -0.25) is 9.48 Å². The average molecular weight is 319 g/mol. The third-order valence-electron chi connectivity index (χ3n) is 3.98. The fourth-order valence-corrected chi connectivity index (χ4v) is 3.35. The number of imidazole rings is 1. The quantitative estimate of drug-likeness (QED) is 0.861. The molecule has 2 heterocycles. The van der Waals surface area contributed by atoms with Crippen molar-refractivity contribution in [2.75, 3.05) is 5.32 Å². The van der Waals surface area contributed by atoms with Crippen LogP contribution in [0.5, 0.6) is 0 Å². The molecule has 1 saturated carbocycles. The van der Waals surface area contributed by atoms with E-state index in [1.807, 2.05) is 34.0 Å². The van der Waals surface area contributed by atoms with Gasteiger partial charge in [-0.1, -0.05) is 11.8 Å². The molecule has 0 bridgehead atoms. The fourth-order valence-electron chi connectivity index (χ4n) is 2.41. The summed E-state index contributed by atoms with van der Waals surface area (Å²) in [6, 6.07) is 0.572. The second-order valence-corrected chi connectivity index (χ2v) is 7.07. The first-order chi connectivity index (χ1) is 10.5. The van der Waals surface area contributed by atoms with Gasteiger partial charge >= 0.3 is 0 Å². The maximum Gasteiger partial charge on any atom is 0.237 e. The molecular weight excluding hydrogens is 298 g/mol. The number of carbonyl (C=O) groups excluding carboxylic acids is 1. The summed E-state index contributed by atoms with van der Waals surface area (Å²) >= 11 is 1.50. The Morgan fingerprint density at radius 3 is 2.77 bits per heavy atom. The monoisotopic (exact) mass is 319 g/mol. The van der Waals surface area contributed by atoms with E-state index in [1.54, 1.807) is 10.9 Å². The molecule has 6 nitrogen and oxygen atoms in total. The molecule has 0 spiro atoms. The van der Waals surface area contributed by atoms with Gasteiger partial charge in [-0.15, -0.1) is 0 Å². The van der Waals surface area contributed by atoms with Crippen molar-refractivity contribution in [1.29, 1.82) is 0 Å². The minimum Gasteiger partial charge on any atom is -0.323 e. The van der Waals surface area contributed by atoms with Crippen molar-refractivity contribution in [2.45, 2.75) is 50.1 Å². The number of nitrogens with zero attached hydrogens (tertiary/aromatic N) is 4. The van der Waals surface area contributed by atoms with Crippen LogP contribution in [-0.2, 0) is 11.8 Å². The van der Waals surface area contributed by atoms with Crippen LogP contribution in [0.25, 0.3) is 0 Å². The fraction of sp³-hybridized carbons (Fsp3) is 0.533.